The van der Waals surface area contributed by atoms with E-state index in [9.17, 15) is 19.2 Å². The van der Waals surface area contributed by atoms with Gasteiger partial charge in [-0.05, 0) is 20.8 Å². The molecule has 0 unspecified atom stereocenters. The predicted molar refractivity (Wildman–Crippen MR) is 68.8 cm³/mol. The van der Waals surface area contributed by atoms with Gasteiger partial charge in [-0.3, -0.25) is 19.7 Å². The van der Waals surface area contributed by atoms with Gasteiger partial charge in [-0.15, -0.1) is 0 Å². The van der Waals surface area contributed by atoms with E-state index >= 15 is 0 Å². The molecule has 0 saturated carbocycles. The summed E-state index contributed by atoms with van der Waals surface area (Å²) in [6, 6.07) is -0.512. The molecule has 20 heavy (non-hydrogen) atoms. The molecule has 1 aliphatic rings. The number of hydrogen-bond donors (Lipinski definition) is 2. The van der Waals surface area contributed by atoms with Crippen molar-refractivity contribution >= 4 is 23.8 Å². The largest absolute Gasteiger partial charge is 0.481 e. The molecule has 0 aliphatic carbocycles. The zero-order chi connectivity index (χ0) is 15.5. The van der Waals surface area contributed by atoms with Crippen LogP contribution in [-0.4, -0.2) is 63.9 Å². The Morgan fingerprint density at radius 1 is 1.25 bits per heavy atom. The van der Waals surface area contributed by atoms with Gasteiger partial charge in [0.05, 0.1) is 6.42 Å². The first kappa shape index (κ1) is 15.9. The predicted octanol–water partition coefficient (Wildman–Crippen LogP) is -0.360. The van der Waals surface area contributed by atoms with E-state index in [0.717, 1.165) is 4.90 Å². The molecule has 0 spiro atoms. The van der Waals surface area contributed by atoms with E-state index in [-0.39, 0.29) is 26.1 Å². The summed E-state index contributed by atoms with van der Waals surface area (Å²) in [7, 11) is 0. The minimum absolute atomic E-state index is 0.0178. The molecule has 0 aromatic carbocycles. The minimum Gasteiger partial charge on any atom is -0.481 e. The molecule has 0 atom stereocenters. The number of carboxylic acids is 1. The number of hydrogen-bond acceptors (Lipinski definition) is 4. The van der Waals surface area contributed by atoms with Crippen molar-refractivity contribution in [3.05, 3.63) is 0 Å². The van der Waals surface area contributed by atoms with Crippen LogP contribution in [0.1, 0.15) is 27.2 Å². The van der Waals surface area contributed by atoms with Gasteiger partial charge in [-0.1, -0.05) is 0 Å². The van der Waals surface area contributed by atoms with Crippen LogP contribution in [0.25, 0.3) is 0 Å². The Balaban J connectivity index is 2.84. The van der Waals surface area contributed by atoms with Crippen LogP contribution >= 0.6 is 0 Å². The van der Waals surface area contributed by atoms with Crippen molar-refractivity contribution in [2.24, 2.45) is 0 Å². The summed E-state index contributed by atoms with van der Waals surface area (Å²) in [6.07, 6.45) is -0.197. The summed E-state index contributed by atoms with van der Waals surface area (Å²) < 4.78 is 0. The van der Waals surface area contributed by atoms with E-state index < -0.39 is 29.4 Å². The highest BCUT2D eigenvalue weighted by Gasteiger charge is 2.34. The quantitative estimate of drug-likeness (QED) is 0.689. The van der Waals surface area contributed by atoms with Crippen molar-refractivity contribution in [2.45, 2.75) is 32.7 Å². The summed E-state index contributed by atoms with van der Waals surface area (Å²) >= 11 is 0. The van der Waals surface area contributed by atoms with Gasteiger partial charge >= 0.3 is 12.0 Å². The minimum atomic E-state index is -1.01. The lowest BCUT2D eigenvalue weighted by molar-refractivity contribution is -0.138. The number of aliphatic carboxylic acids is 1. The Kier molecular flexibility index (Phi) is 4.69. The third-order valence-electron chi connectivity index (χ3n) is 2.81. The lowest BCUT2D eigenvalue weighted by Crippen LogP contribution is -2.59. The van der Waals surface area contributed by atoms with E-state index in [0.29, 0.717) is 0 Å². The number of nitrogens with zero attached hydrogens (tertiary/aromatic N) is 2. The standard InChI is InChI=1S/C12H19N3O5/c1-12(2,3)15(5-4-10(18)19)11(20)14-6-8(16)13-9(17)7-14/h4-7H2,1-3H3,(H,18,19)(H,13,16,17). The molecule has 1 aliphatic heterocycles. The van der Waals surface area contributed by atoms with Crippen molar-refractivity contribution < 1.29 is 24.3 Å². The highest BCUT2D eigenvalue weighted by Crippen LogP contribution is 2.17. The maximum absolute atomic E-state index is 12.4. The van der Waals surface area contributed by atoms with Crippen LogP contribution in [0.5, 0.6) is 0 Å². The Bertz CT molecular complexity index is 425. The molecule has 0 aromatic heterocycles. The number of imide groups is 1. The summed E-state index contributed by atoms with van der Waals surface area (Å²) in [5.74, 6) is -2.09. The van der Waals surface area contributed by atoms with E-state index in [1.165, 1.54) is 4.90 Å². The SMILES string of the molecule is CC(C)(C)N(CCC(=O)O)C(=O)N1CC(=O)NC(=O)C1. The van der Waals surface area contributed by atoms with Crippen LogP contribution in [0, 0.1) is 0 Å². The molecule has 1 saturated heterocycles. The molecule has 1 heterocycles. The van der Waals surface area contributed by atoms with Gasteiger partial charge in [0.15, 0.2) is 0 Å². The second-order valence-electron chi connectivity index (χ2n) is 5.58. The van der Waals surface area contributed by atoms with Crippen molar-refractivity contribution in [1.82, 2.24) is 15.1 Å². The Hall–Kier alpha value is -2.12. The van der Waals surface area contributed by atoms with E-state index in [1.54, 1.807) is 20.8 Å². The molecule has 2 N–H and O–H groups in total. The molecular formula is C12H19N3O5. The first-order chi connectivity index (χ1) is 9.11. The number of nitrogens with one attached hydrogen (secondary N) is 1. The number of carbonyl (C=O) groups excluding carboxylic acids is 3. The van der Waals surface area contributed by atoms with Gasteiger partial charge in [-0.2, -0.15) is 0 Å². The number of amides is 4. The van der Waals surface area contributed by atoms with Gasteiger partial charge in [0.25, 0.3) is 0 Å². The number of urea groups is 1. The van der Waals surface area contributed by atoms with Gasteiger partial charge in [-0.25, -0.2) is 4.79 Å². The maximum Gasteiger partial charge on any atom is 0.321 e. The molecule has 1 rings (SSSR count). The molecule has 4 amide bonds. The topological polar surface area (TPSA) is 107 Å². The van der Waals surface area contributed by atoms with Crippen LogP contribution in [0.2, 0.25) is 0 Å². The van der Waals surface area contributed by atoms with Crippen molar-refractivity contribution in [1.29, 1.82) is 0 Å². The molecule has 1 fully saturated rings. The fourth-order valence-corrected chi connectivity index (χ4v) is 1.87. The first-order valence-corrected chi connectivity index (χ1v) is 6.22. The van der Waals surface area contributed by atoms with Gasteiger partial charge in [0, 0.05) is 12.1 Å². The van der Waals surface area contributed by atoms with Gasteiger partial charge in [0.1, 0.15) is 13.1 Å². The molecule has 8 heteroatoms. The summed E-state index contributed by atoms with van der Waals surface area (Å²) in [5.41, 5.74) is -0.608. The number of carbonyl (C=O) groups is 4. The summed E-state index contributed by atoms with van der Waals surface area (Å²) in [6.45, 7) is 4.90. The third-order valence-corrected chi connectivity index (χ3v) is 2.81. The van der Waals surface area contributed by atoms with Crippen LogP contribution in [-0.2, 0) is 14.4 Å². The maximum atomic E-state index is 12.4. The molecule has 8 nitrogen and oxygen atoms in total. The zero-order valence-corrected chi connectivity index (χ0v) is 11.8. The average Bonchev–Trinajstić information content (AvgIpc) is 2.25. The highest BCUT2D eigenvalue weighted by molar-refractivity contribution is 6.02. The van der Waals surface area contributed by atoms with E-state index in [2.05, 4.69) is 5.32 Å². The monoisotopic (exact) mass is 285 g/mol. The molecular weight excluding hydrogens is 266 g/mol. The molecule has 0 bridgehead atoms. The average molecular weight is 285 g/mol. The fourth-order valence-electron chi connectivity index (χ4n) is 1.87. The Morgan fingerprint density at radius 2 is 1.75 bits per heavy atom. The molecule has 112 valence electrons. The van der Waals surface area contributed by atoms with E-state index in [4.69, 9.17) is 5.11 Å². The van der Waals surface area contributed by atoms with Crippen molar-refractivity contribution in [3.8, 4) is 0 Å². The second-order valence-corrected chi connectivity index (χ2v) is 5.58. The van der Waals surface area contributed by atoms with Gasteiger partial charge in [0.2, 0.25) is 11.8 Å². The highest BCUT2D eigenvalue weighted by atomic mass is 16.4. The smallest absolute Gasteiger partial charge is 0.321 e. The van der Waals surface area contributed by atoms with E-state index in [1.807, 2.05) is 0 Å². The Labute approximate surface area is 116 Å². The van der Waals surface area contributed by atoms with Crippen LogP contribution in [0.4, 0.5) is 4.79 Å². The van der Waals surface area contributed by atoms with Crippen molar-refractivity contribution in [3.63, 3.8) is 0 Å². The van der Waals surface area contributed by atoms with Crippen LogP contribution < -0.4 is 5.32 Å². The zero-order valence-electron chi connectivity index (χ0n) is 11.8. The number of rotatable bonds is 3. The van der Waals surface area contributed by atoms with Crippen molar-refractivity contribution in [2.75, 3.05) is 19.6 Å². The number of carboxylic acid groups (broad SMARTS) is 1. The lowest BCUT2D eigenvalue weighted by atomic mass is 10.1. The van der Waals surface area contributed by atoms with Gasteiger partial charge < -0.3 is 14.9 Å². The molecule has 0 aromatic rings. The number of piperazine rings is 1. The summed E-state index contributed by atoms with van der Waals surface area (Å²) in [5, 5.41) is 10.8. The van der Waals surface area contributed by atoms with Crippen LogP contribution in [0.3, 0.4) is 0 Å². The second kappa shape index (κ2) is 5.89. The Morgan fingerprint density at radius 3 is 2.15 bits per heavy atom. The molecule has 0 radical (unpaired) electrons. The third kappa shape index (κ3) is 4.22. The first-order valence-electron chi connectivity index (χ1n) is 6.22. The fraction of sp³-hybridized carbons (Fsp3) is 0.667. The van der Waals surface area contributed by atoms with Crippen LogP contribution in [0.15, 0.2) is 0 Å². The lowest BCUT2D eigenvalue weighted by Gasteiger charge is -2.39. The summed E-state index contributed by atoms with van der Waals surface area (Å²) in [4.78, 5) is 48.1. The normalized spacial score (nSPS) is 15.8.